The van der Waals surface area contributed by atoms with Crippen LogP contribution in [0.1, 0.15) is 12.5 Å². The Labute approximate surface area is 148 Å². The molecule has 0 bridgehead atoms. The highest BCUT2D eigenvalue weighted by molar-refractivity contribution is 8.14. The SMILES string of the molecule is COc1cccc(-c2nc3ccc(C4=NNC(=O)SC4C)cc3[nH]2)c1. The molecule has 0 spiro atoms. The van der Waals surface area contributed by atoms with E-state index in [-0.39, 0.29) is 10.5 Å². The Morgan fingerprint density at radius 1 is 1.16 bits per heavy atom. The van der Waals surface area contributed by atoms with Crippen molar-refractivity contribution in [1.82, 2.24) is 15.4 Å². The summed E-state index contributed by atoms with van der Waals surface area (Å²) in [6.07, 6.45) is 0. The van der Waals surface area contributed by atoms with Gasteiger partial charge in [0.2, 0.25) is 0 Å². The summed E-state index contributed by atoms with van der Waals surface area (Å²) in [5.74, 6) is 1.57. The van der Waals surface area contributed by atoms with Crippen molar-refractivity contribution in [2.75, 3.05) is 7.11 Å². The Hall–Kier alpha value is -2.80. The van der Waals surface area contributed by atoms with E-state index in [1.165, 1.54) is 11.8 Å². The molecule has 0 fully saturated rings. The number of imidazole rings is 1. The molecule has 1 aliphatic heterocycles. The van der Waals surface area contributed by atoms with E-state index < -0.39 is 0 Å². The molecule has 0 radical (unpaired) electrons. The van der Waals surface area contributed by atoms with Gasteiger partial charge in [-0.05, 0) is 31.2 Å². The number of nitrogens with one attached hydrogen (secondary N) is 2. The van der Waals surface area contributed by atoms with Crippen molar-refractivity contribution in [1.29, 1.82) is 0 Å². The fourth-order valence-corrected chi connectivity index (χ4v) is 3.53. The van der Waals surface area contributed by atoms with Crippen molar-refractivity contribution in [3.63, 3.8) is 0 Å². The van der Waals surface area contributed by atoms with Crippen LogP contribution in [0.4, 0.5) is 4.79 Å². The third kappa shape index (κ3) is 2.98. The molecule has 1 unspecified atom stereocenters. The number of ether oxygens (including phenoxy) is 1. The molecule has 4 rings (SSSR count). The van der Waals surface area contributed by atoms with E-state index in [0.29, 0.717) is 0 Å². The molecular weight excluding hydrogens is 336 g/mol. The fraction of sp³-hybridized carbons (Fsp3) is 0.167. The van der Waals surface area contributed by atoms with Crippen LogP contribution in [0, 0.1) is 0 Å². The summed E-state index contributed by atoms with van der Waals surface area (Å²) in [4.78, 5) is 19.4. The summed E-state index contributed by atoms with van der Waals surface area (Å²) in [6.45, 7) is 1.97. The lowest BCUT2D eigenvalue weighted by Crippen LogP contribution is -2.29. The average Bonchev–Trinajstić information content (AvgIpc) is 3.05. The highest BCUT2D eigenvalue weighted by Gasteiger charge is 2.22. The molecule has 2 heterocycles. The quantitative estimate of drug-likeness (QED) is 0.752. The number of H-pyrrole nitrogens is 1. The first kappa shape index (κ1) is 15.7. The summed E-state index contributed by atoms with van der Waals surface area (Å²) in [6, 6.07) is 13.7. The van der Waals surface area contributed by atoms with Crippen molar-refractivity contribution in [3.8, 4) is 17.1 Å². The minimum absolute atomic E-state index is 0.00646. The number of carbonyl (C=O) groups excluding carboxylic acids is 1. The number of nitrogens with zero attached hydrogens (tertiary/aromatic N) is 2. The number of amides is 1. The zero-order chi connectivity index (χ0) is 17.4. The highest BCUT2D eigenvalue weighted by atomic mass is 32.2. The second-order valence-corrected chi connectivity index (χ2v) is 7.02. The second-order valence-electron chi connectivity index (χ2n) is 5.71. The Morgan fingerprint density at radius 2 is 2.04 bits per heavy atom. The van der Waals surface area contributed by atoms with Crippen LogP contribution in [-0.4, -0.2) is 33.3 Å². The molecule has 2 aromatic carbocycles. The summed E-state index contributed by atoms with van der Waals surface area (Å²) < 4.78 is 5.28. The van der Waals surface area contributed by atoms with Crippen molar-refractivity contribution < 1.29 is 9.53 Å². The Bertz CT molecular complexity index is 996. The fourth-order valence-electron chi connectivity index (χ4n) is 2.81. The van der Waals surface area contributed by atoms with E-state index in [9.17, 15) is 4.79 Å². The Kier molecular flexibility index (Phi) is 3.93. The van der Waals surface area contributed by atoms with Crippen molar-refractivity contribution >= 4 is 33.7 Å². The van der Waals surface area contributed by atoms with Crippen LogP contribution in [-0.2, 0) is 0 Å². The summed E-state index contributed by atoms with van der Waals surface area (Å²) in [7, 11) is 1.65. The van der Waals surface area contributed by atoms with Gasteiger partial charge in [0.1, 0.15) is 11.6 Å². The van der Waals surface area contributed by atoms with Crippen LogP contribution in [0.5, 0.6) is 5.75 Å². The lowest BCUT2D eigenvalue weighted by Gasteiger charge is -2.18. The van der Waals surface area contributed by atoms with Gasteiger partial charge in [0, 0.05) is 11.1 Å². The van der Waals surface area contributed by atoms with Gasteiger partial charge in [-0.15, -0.1) is 0 Å². The van der Waals surface area contributed by atoms with Crippen LogP contribution in [0.15, 0.2) is 47.6 Å². The number of hydrogen-bond donors (Lipinski definition) is 2. The predicted molar refractivity (Wildman–Crippen MR) is 100 cm³/mol. The second kappa shape index (κ2) is 6.25. The number of thioether (sulfide) groups is 1. The van der Waals surface area contributed by atoms with Gasteiger partial charge in [-0.2, -0.15) is 5.10 Å². The molecule has 1 aromatic heterocycles. The molecule has 25 heavy (non-hydrogen) atoms. The molecule has 0 aliphatic carbocycles. The van der Waals surface area contributed by atoms with Crippen molar-refractivity contribution in [2.24, 2.45) is 5.10 Å². The molecule has 2 N–H and O–H groups in total. The number of carbonyl (C=O) groups is 1. The Morgan fingerprint density at radius 3 is 2.84 bits per heavy atom. The smallest absolute Gasteiger partial charge is 0.299 e. The van der Waals surface area contributed by atoms with Gasteiger partial charge in [-0.3, -0.25) is 4.79 Å². The maximum Gasteiger partial charge on any atom is 0.299 e. The number of fused-ring (bicyclic) bond motifs is 1. The molecule has 6 nitrogen and oxygen atoms in total. The van der Waals surface area contributed by atoms with Crippen LogP contribution in [0.3, 0.4) is 0 Å². The summed E-state index contributed by atoms with van der Waals surface area (Å²) in [5.41, 5.74) is 7.10. The first-order valence-corrected chi connectivity index (χ1v) is 8.71. The van der Waals surface area contributed by atoms with Gasteiger partial charge < -0.3 is 9.72 Å². The number of hydrogen-bond acceptors (Lipinski definition) is 5. The molecule has 1 atom stereocenters. The molecular formula is C18H16N4O2S. The zero-order valence-electron chi connectivity index (χ0n) is 13.7. The van der Waals surface area contributed by atoms with Crippen molar-refractivity contribution in [3.05, 3.63) is 48.0 Å². The van der Waals surface area contributed by atoms with Gasteiger partial charge in [0.25, 0.3) is 5.24 Å². The molecule has 0 saturated carbocycles. The van der Waals surface area contributed by atoms with E-state index in [1.54, 1.807) is 7.11 Å². The summed E-state index contributed by atoms with van der Waals surface area (Å²) in [5, 5.41) is 4.08. The van der Waals surface area contributed by atoms with Crippen LogP contribution >= 0.6 is 11.8 Å². The average molecular weight is 352 g/mol. The summed E-state index contributed by atoms with van der Waals surface area (Å²) >= 11 is 1.24. The first-order valence-electron chi connectivity index (χ1n) is 7.83. The van der Waals surface area contributed by atoms with Gasteiger partial charge in [-0.25, -0.2) is 10.4 Å². The third-order valence-corrected chi connectivity index (χ3v) is 4.94. The number of aromatic amines is 1. The van der Waals surface area contributed by atoms with Gasteiger partial charge in [0.15, 0.2) is 0 Å². The van der Waals surface area contributed by atoms with Crippen LogP contribution < -0.4 is 10.2 Å². The van der Waals surface area contributed by atoms with Crippen LogP contribution in [0.25, 0.3) is 22.4 Å². The maximum absolute atomic E-state index is 11.4. The minimum atomic E-state index is -0.126. The number of aromatic nitrogens is 2. The first-order chi connectivity index (χ1) is 12.1. The van der Waals surface area contributed by atoms with Crippen LogP contribution in [0.2, 0.25) is 0 Å². The van der Waals surface area contributed by atoms with Crippen molar-refractivity contribution in [2.45, 2.75) is 12.2 Å². The normalized spacial score (nSPS) is 17.3. The molecule has 7 heteroatoms. The van der Waals surface area contributed by atoms with E-state index in [0.717, 1.165) is 39.4 Å². The molecule has 0 saturated heterocycles. The number of methoxy groups -OCH3 is 1. The van der Waals surface area contributed by atoms with Gasteiger partial charge in [0.05, 0.1) is 29.1 Å². The molecule has 1 amide bonds. The van der Waals surface area contributed by atoms with E-state index in [4.69, 9.17) is 4.74 Å². The highest BCUT2D eigenvalue weighted by Crippen LogP contribution is 2.26. The number of benzene rings is 2. The largest absolute Gasteiger partial charge is 0.497 e. The zero-order valence-corrected chi connectivity index (χ0v) is 14.6. The van der Waals surface area contributed by atoms with E-state index >= 15 is 0 Å². The molecule has 126 valence electrons. The number of hydrazone groups is 1. The lowest BCUT2D eigenvalue weighted by molar-refractivity contribution is 0.261. The third-order valence-electron chi connectivity index (χ3n) is 4.06. The van der Waals surface area contributed by atoms with Gasteiger partial charge in [-0.1, -0.05) is 30.0 Å². The molecule has 1 aliphatic rings. The van der Waals surface area contributed by atoms with Gasteiger partial charge >= 0.3 is 0 Å². The minimum Gasteiger partial charge on any atom is -0.497 e. The van der Waals surface area contributed by atoms with E-state index in [1.807, 2.05) is 49.4 Å². The standard InChI is InChI=1S/C18H16N4O2S/c1-10-16(21-22-18(23)25-10)11-6-7-14-15(9-11)20-17(19-14)12-4-3-5-13(8-12)24-2/h3-10H,1-2H3,(H,19,20)(H,22,23). The Balaban J connectivity index is 1.73. The topological polar surface area (TPSA) is 79.4 Å². The predicted octanol–water partition coefficient (Wildman–Crippen LogP) is 3.79. The number of rotatable bonds is 3. The molecule has 3 aromatic rings. The monoisotopic (exact) mass is 352 g/mol. The maximum atomic E-state index is 11.4. The van der Waals surface area contributed by atoms with E-state index in [2.05, 4.69) is 20.5 Å². The lowest BCUT2D eigenvalue weighted by atomic mass is 10.1.